The number of rotatable bonds is 2. The zero-order chi connectivity index (χ0) is 15.7. The second-order valence-corrected chi connectivity index (χ2v) is 4.95. The number of carboxylic acid groups (broad SMARTS) is 1. The molecule has 106 valence electrons. The number of hydrogen-bond donors (Lipinski definition) is 1. The van der Waals surface area contributed by atoms with Crippen molar-refractivity contribution >= 4 is 17.6 Å². The molecule has 2 aromatic rings. The monoisotopic (exact) mass is 302 g/mol. The maximum Gasteiger partial charge on any atom is 0.337 e. The summed E-state index contributed by atoms with van der Waals surface area (Å²) in [6.07, 6.45) is 0. The maximum atomic E-state index is 12.2. The number of pyridine rings is 1. The predicted molar refractivity (Wildman–Crippen MR) is 78.2 cm³/mol. The largest absolute Gasteiger partial charge is 0.478 e. The number of aromatic carboxylic acids is 1. The summed E-state index contributed by atoms with van der Waals surface area (Å²) < 4.78 is 1.21. The van der Waals surface area contributed by atoms with Crippen LogP contribution in [0.3, 0.4) is 0 Å². The van der Waals surface area contributed by atoms with Crippen LogP contribution in [0.15, 0.2) is 29.1 Å². The van der Waals surface area contributed by atoms with Crippen LogP contribution < -0.4 is 5.56 Å². The first kappa shape index (κ1) is 14.8. The topological polar surface area (TPSA) is 83.1 Å². The molecule has 1 N–H and O–H groups in total. The third-order valence-corrected chi connectivity index (χ3v) is 3.50. The molecule has 0 fully saturated rings. The number of carbonyl (C=O) groups is 1. The Kier molecular flexibility index (Phi) is 3.83. The minimum atomic E-state index is -1.12. The summed E-state index contributed by atoms with van der Waals surface area (Å²) in [5.41, 5.74) is 0.928. The zero-order valence-corrected chi connectivity index (χ0v) is 12.1. The highest BCUT2D eigenvalue weighted by atomic mass is 35.5. The molecule has 0 spiro atoms. The van der Waals surface area contributed by atoms with Gasteiger partial charge in [-0.25, -0.2) is 4.79 Å². The highest BCUT2D eigenvalue weighted by molar-refractivity contribution is 6.32. The Morgan fingerprint density at radius 1 is 1.33 bits per heavy atom. The lowest BCUT2D eigenvalue weighted by Gasteiger charge is -2.15. The molecule has 1 aromatic heterocycles. The van der Waals surface area contributed by atoms with Crippen LogP contribution in [0.5, 0.6) is 0 Å². The molecule has 0 aliphatic carbocycles. The third kappa shape index (κ3) is 2.54. The Balaban J connectivity index is 2.88. The van der Waals surface area contributed by atoms with Crippen molar-refractivity contribution in [1.82, 2.24) is 4.57 Å². The summed E-state index contributed by atoms with van der Waals surface area (Å²) in [5, 5.41) is 18.5. The average molecular weight is 303 g/mol. The van der Waals surface area contributed by atoms with Gasteiger partial charge >= 0.3 is 5.97 Å². The van der Waals surface area contributed by atoms with Gasteiger partial charge in [0, 0.05) is 11.8 Å². The number of aryl methyl sites for hydroxylation is 1. The molecule has 0 amide bonds. The molecule has 0 atom stereocenters. The van der Waals surface area contributed by atoms with Gasteiger partial charge in [-0.15, -0.1) is 0 Å². The Morgan fingerprint density at radius 3 is 2.57 bits per heavy atom. The number of carboxylic acids is 1. The summed E-state index contributed by atoms with van der Waals surface area (Å²) >= 11 is 6.09. The van der Waals surface area contributed by atoms with Gasteiger partial charge in [-0.2, -0.15) is 5.26 Å². The highest BCUT2D eigenvalue weighted by Gasteiger charge is 2.18. The molecule has 0 aliphatic rings. The van der Waals surface area contributed by atoms with Gasteiger partial charge < -0.3 is 5.11 Å². The molecule has 2 rings (SSSR count). The first-order chi connectivity index (χ1) is 9.86. The van der Waals surface area contributed by atoms with Gasteiger partial charge in [-0.3, -0.25) is 9.36 Å². The molecule has 6 heteroatoms. The SMILES string of the molecule is Cc1cc(=O)n(-c2cc(C#N)ccc2Cl)c(C)c1C(=O)O. The number of aromatic nitrogens is 1. The van der Waals surface area contributed by atoms with Crippen LogP contribution in [0.2, 0.25) is 5.02 Å². The van der Waals surface area contributed by atoms with Crippen LogP contribution in [0.1, 0.15) is 27.2 Å². The van der Waals surface area contributed by atoms with Crippen molar-refractivity contribution in [1.29, 1.82) is 5.26 Å². The molecule has 0 unspecified atom stereocenters. The first-order valence-corrected chi connectivity index (χ1v) is 6.41. The Bertz CT molecular complexity index is 847. The fourth-order valence-electron chi connectivity index (χ4n) is 2.26. The number of nitriles is 1. The van der Waals surface area contributed by atoms with Crippen LogP contribution >= 0.6 is 11.6 Å². The molecule has 0 radical (unpaired) electrons. The van der Waals surface area contributed by atoms with Crippen LogP contribution in [-0.4, -0.2) is 15.6 Å². The molecular formula is C15H11ClN2O3. The van der Waals surface area contributed by atoms with Gasteiger partial charge in [0.25, 0.3) is 5.56 Å². The van der Waals surface area contributed by atoms with Crippen molar-refractivity contribution in [2.45, 2.75) is 13.8 Å². The third-order valence-electron chi connectivity index (χ3n) is 3.18. The molecule has 0 saturated carbocycles. The van der Waals surface area contributed by atoms with Gasteiger partial charge in [0.05, 0.1) is 27.9 Å². The van der Waals surface area contributed by atoms with Gasteiger partial charge in [0.15, 0.2) is 0 Å². The summed E-state index contributed by atoms with van der Waals surface area (Å²) in [5.74, 6) is -1.12. The molecule has 1 aromatic carbocycles. The van der Waals surface area contributed by atoms with E-state index in [4.69, 9.17) is 16.9 Å². The summed E-state index contributed by atoms with van der Waals surface area (Å²) in [7, 11) is 0. The first-order valence-electron chi connectivity index (χ1n) is 6.03. The van der Waals surface area contributed by atoms with Crippen molar-refractivity contribution < 1.29 is 9.90 Å². The van der Waals surface area contributed by atoms with Crippen LogP contribution in [-0.2, 0) is 0 Å². The van der Waals surface area contributed by atoms with Crippen molar-refractivity contribution in [2.24, 2.45) is 0 Å². The lowest BCUT2D eigenvalue weighted by molar-refractivity contribution is 0.0694. The van der Waals surface area contributed by atoms with Crippen LogP contribution in [0.4, 0.5) is 0 Å². The number of hydrogen-bond acceptors (Lipinski definition) is 3. The predicted octanol–water partition coefficient (Wildman–Crippen LogP) is 2.68. The van der Waals surface area contributed by atoms with E-state index in [-0.39, 0.29) is 16.3 Å². The smallest absolute Gasteiger partial charge is 0.337 e. The highest BCUT2D eigenvalue weighted by Crippen LogP contribution is 2.23. The van der Waals surface area contributed by atoms with Crippen molar-refractivity contribution in [3.63, 3.8) is 0 Å². The van der Waals surface area contributed by atoms with E-state index in [0.717, 1.165) is 0 Å². The van der Waals surface area contributed by atoms with Gasteiger partial charge in [0.1, 0.15) is 0 Å². The minimum Gasteiger partial charge on any atom is -0.478 e. The number of benzene rings is 1. The Hall–Kier alpha value is -2.58. The Labute approximate surface area is 125 Å². The van der Waals surface area contributed by atoms with Gasteiger partial charge in [-0.05, 0) is 37.6 Å². The average Bonchev–Trinajstić information content (AvgIpc) is 2.39. The van der Waals surface area contributed by atoms with Crippen LogP contribution in [0.25, 0.3) is 5.69 Å². The summed E-state index contributed by atoms with van der Waals surface area (Å²) in [4.78, 5) is 23.6. The van der Waals surface area contributed by atoms with Crippen molar-refractivity contribution in [3.8, 4) is 11.8 Å². The standard InChI is InChI=1S/C15H11ClN2O3/c1-8-5-13(19)18(9(2)14(8)15(20)21)12-6-10(7-17)3-4-11(12)16/h3-6H,1-2H3,(H,20,21). The molecule has 0 bridgehead atoms. The lowest BCUT2D eigenvalue weighted by Crippen LogP contribution is -2.24. The van der Waals surface area contributed by atoms with Crippen molar-refractivity contribution in [3.05, 3.63) is 62.0 Å². The second kappa shape index (κ2) is 5.43. The van der Waals surface area contributed by atoms with E-state index >= 15 is 0 Å². The fourth-order valence-corrected chi connectivity index (χ4v) is 2.46. The van der Waals surface area contributed by atoms with Crippen molar-refractivity contribution in [2.75, 3.05) is 0 Å². The van der Waals surface area contributed by atoms with Gasteiger partial charge in [0.2, 0.25) is 0 Å². The minimum absolute atomic E-state index is 0.0491. The van der Waals surface area contributed by atoms with E-state index < -0.39 is 11.5 Å². The summed E-state index contributed by atoms with van der Waals surface area (Å²) in [6.45, 7) is 3.10. The molecule has 1 heterocycles. The molecule has 21 heavy (non-hydrogen) atoms. The normalized spacial score (nSPS) is 10.2. The van der Waals surface area contributed by atoms with E-state index in [2.05, 4.69) is 0 Å². The maximum absolute atomic E-state index is 12.2. The summed E-state index contributed by atoms with van der Waals surface area (Å²) in [6, 6.07) is 7.69. The number of halogens is 1. The molecular weight excluding hydrogens is 292 g/mol. The van der Waals surface area contributed by atoms with Gasteiger partial charge in [-0.1, -0.05) is 11.6 Å². The fraction of sp³-hybridized carbons (Fsp3) is 0.133. The molecule has 5 nitrogen and oxygen atoms in total. The van der Waals surface area contributed by atoms with E-state index in [1.165, 1.54) is 35.8 Å². The Morgan fingerprint density at radius 2 is 2.00 bits per heavy atom. The van der Waals surface area contributed by atoms with E-state index in [0.29, 0.717) is 16.8 Å². The molecule has 0 aliphatic heterocycles. The lowest BCUT2D eigenvalue weighted by atomic mass is 10.1. The zero-order valence-electron chi connectivity index (χ0n) is 11.3. The molecule has 0 saturated heterocycles. The van der Waals surface area contributed by atoms with E-state index in [1.54, 1.807) is 6.92 Å². The quantitative estimate of drug-likeness (QED) is 0.924. The van der Waals surface area contributed by atoms with E-state index in [1.807, 2.05) is 6.07 Å². The van der Waals surface area contributed by atoms with Crippen LogP contribution in [0, 0.1) is 25.2 Å². The second-order valence-electron chi connectivity index (χ2n) is 4.54. The van der Waals surface area contributed by atoms with E-state index in [9.17, 15) is 14.7 Å². The number of nitrogens with zero attached hydrogens (tertiary/aromatic N) is 2.